The summed E-state index contributed by atoms with van der Waals surface area (Å²) >= 11 is 1.73. The highest BCUT2D eigenvalue weighted by atomic mass is 32.2. The number of benzene rings is 1. The third kappa shape index (κ3) is 3.44. The van der Waals surface area contributed by atoms with Crippen LogP contribution in [0.25, 0.3) is 0 Å². The molecule has 0 aliphatic rings. The zero-order valence-corrected chi connectivity index (χ0v) is 7.92. The molecular formula is C11H12S. The lowest BCUT2D eigenvalue weighted by Crippen LogP contribution is -1.63. The van der Waals surface area contributed by atoms with Gasteiger partial charge in [-0.25, -0.2) is 0 Å². The second-order valence-corrected chi connectivity index (χ2v) is 3.26. The van der Waals surface area contributed by atoms with Crippen molar-refractivity contribution in [2.24, 2.45) is 0 Å². The molecule has 0 heterocycles. The Bertz CT molecular complexity index is 260. The number of thioether (sulfide) groups is 1. The Morgan fingerprint density at radius 1 is 1.08 bits per heavy atom. The summed E-state index contributed by atoms with van der Waals surface area (Å²) in [7, 11) is 0. The van der Waals surface area contributed by atoms with Gasteiger partial charge in [0.15, 0.2) is 0 Å². The van der Waals surface area contributed by atoms with Crippen LogP contribution in [-0.4, -0.2) is 0 Å². The van der Waals surface area contributed by atoms with Crippen molar-refractivity contribution in [1.82, 2.24) is 0 Å². The molecule has 12 heavy (non-hydrogen) atoms. The largest absolute Gasteiger partial charge is 0.0981 e. The topological polar surface area (TPSA) is 0 Å². The SMILES string of the molecule is CC=CC=CSc1ccccc1. The Balaban J connectivity index is 2.43. The molecule has 0 unspecified atom stereocenters. The van der Waals surface area contributed by atoms with Crippen molar-refractivity contribution in [3.63, 3.8) is 0 Å². The summed E-state index contributed by atoms with van der Waals surface area (Å²) in [5, 5.41) is 2.08. The van der Waals surface area contributed by atoms with Crippen molar-refractivity contribution in [2.45, 2.75) is 11.8 Å². The first-order chi connectivity index (χ1) is 5.93. The summed E-state index contributed by atoms with van der Waals surface area (Å²) < 4.78 is 0. The van der Waals surface area contributed by atoms with E-state index in [1.54, 1.807) is 11.8 Å². The Kier molecular flexibility index (Phi) is 4.32. The molecule has 0 bridgehead atoms. The summed E-state index contributed by atoms with van der Waals surface area (Å²) in [4.78, 5) is 1.28. The van der Waals surface area contributed by atoms with E-state index >= 15 is 0 Å². The fourth-order valence-corrected chi connectivity index (χ4v) is 1.41. The van der Waals surface area contributed by atoms with Crippen LogP contribution in [0.2, 0.25) is 0 Å². The maximum Gasteiger partial charge on any atom is 0.0116 e. The molecule has 0 N–H and O–H groups in total. The molecule has 1 rings (SSSR count). The molecule has 0 nitrogen and oxygen atoms in total. The van der Waals surface area contributed by atoms with Crippen molar-refractivity contribution in [3.8, 4) is 0 Å². The number of rotatable bonds is 3. The highest BCUT2D eigenvalue weighted by Gasteiger charge is 1.84. The molecule has 0 aromatic heterocycles. The first-order valence-corrected chi connectivity index (χ1v) is 4.81. The van der Waals surface area contributed by atoms with Crippen molar-refractivity contribution in [2.75, 3.05) is 0 Å². The molecule has 0 saturated carbocycles. The third-order valence-electron chi connectivity index (χ3n) is 1.33. The molecule has 0 radical (unpaired) electrons. The summed E-state index contributed by atoms with van der Waals surface area (Å²) in [5.74, 6) is 0. The molecule has 1 aromatic rings. The molecule has 1 heteroatoms. The van der Waals surface area contributed by atoms with Crippen molar-refractivity contribution >= 4 is 11.8 Å². The lowest BCUT2D eigenvalue weighted by Gasteiger charge is -1.91. The average molecular weight is 176 g/mol. The van der Waals surface area contributed by atoms with Crippen LogP contribution in [0.5, 0.6) is 0 Å². The Morgan fingerprint density at radius 3 is 2.50 bits per heavy atom. The van der Waals surface area contributed by atoms with Crippen molar-refractivity contribution in [3.05, 3.63) is 54.0 Å². The fraction of sp³-hybridized carbons (Fsp3) is 0.0909. The molecule has 0 atom stereocenters. The molecule has 62 valence electrons. The van der Waals surface area contributed by atoms with Crippen LogP contribution >= 0.6 is 11.8 Å². The van der Waals surface area contributed by atoms with Crippen LogP contribution in [0.3, 0.4) is 0 Å². The Labute approximate surface area is 78.0 Å². The molecule has 0 aliphatic carbocycles. The number of allylic oxidation sites excluding steroid dienone is 3. The van der Waals surface area contributed by atoms with Crippen LogP contribution in [0.15, 0.2) is 58.9 Å². The minimum Gasteiger partial charge on any atom is -0.0981 e. The van der Waals surface area contributed by atoms with Crippen LogP contribution in [0.4, 0.5) is 0 Å². The molecule has 0 fully saturated rings. The van der Waals surface area contributed by atoms with Gasteiger partial charge in [0.1, 0.15) is 0 Å². The van der Waals surface area contributed by atoms with Crippen LogP contribution in [-0.2, 0) is 0 Å². The second kappa shape index (κ2) is 5.67. The van der Waals surface area contributed by atoms with Gasteiger partial charge < -0.3 is 0 Å². The quantitative estimate of drug-likeness (QED) is 0.497. The van der Waals surface area contributed by atoms with E-state index in [9.17, 15) is 0 Å². The molecule has 0 aliphatic heterocycles. The minimum absolute atomic E-state index is 1.28. The predicted octanol–water partition coefficient (Wildman–Crippen LogP) is 3.87. The summed E-state index contributed by atoms with van der Waals surface area (Å²) in [6, 6.07) is 10.3. The highest BCUT2D eigenvalue weighted by molar-refractivity contribution is 8.02. The molecule has 0 spiro atoms. The van der Waals surface area contributed by atoms with Gasteiger partial charge in [-0.15, -0.1) is 0 Å². The van der Waals surface area contributed by atoms with E-state index in [-0.39, 0.29) is 0 Å². The van der Waals surface area contributed by atoms with E-state index in [0.29, 0.717) is 0 Å². The third-order valence-corrected chi connectivity index (χ3v) is 2.17. The molecule has 0 saturated heterocycles. The summed E-state index contributed by atoms with van der Waals surface area (Å²) in [6.45, 7) is 2.01. The molecule has 0 amide bonds. The predicted molar refractivity (Wildman–Crippen MR) is 56.3 cm³/mol. The maximum atomic E-state index is 2.10. The first-order valence-electron chi connectivity index (χ1n) is 3.93. The molecular weight excluding hydrogens is 164 g/mol. The van der Waals surface area contributed by atoms with E-state index in [1.807, 2.05) is 43.4 Å². The normalized spacial score (nSPS) is 11.4. The lowest BCUT2D eigenvalue weighted by molar-refractivity contribution is 1.47. The van der Waals surface area contributed by atoms with E-state index in [2.05, 4.69) is 17.5 Å². The van der Waals surface area contributed by atoms with Gasteiger partial charge in [-0.3, -0.25) is 0 Å². The number of hydrogen-bond acceptors (Lipinski definition) is 1. The van der Waals surface area contributed by atoms with E-state index in [4.69, 9.17) is 0 Å². The monoisotopic (exact) mass is 176 g/mol. The van der Waals surface area contributed by atoms with Crippen LogP contribution in [0.1, 0.15) is 6.92 Å². The van der Waals surface area contributed by atoms with Gasteiger partial charge >= 0.3 is 0 Å². The summed E-state index contributed by atoms with van der Waals surface area (Å²) in [5.41, 5.74) is 0. The van der Waals surface area contributed by atoms with E-state index in [0.717, 1.165) is 0 Å². The zero-order valence-electron chi connectivity index (χ0n) is 7.10. The van der Waals surface area contributed by atoms with Gasteiger partial charge in [-0.2, -0.15) is 0 Å². The molecule has 1 aromatic carbocycles. The van der Waals surface area contributed by atoms with Gasteiger partial charge in [0.2, 0.25) is 0 Å². The van der Waals surface area contributed by atoms with Gasteiger partial charge in [-0.05, 0) is 24.5 Å². The highest BCUT2D eigenvalue weighted by Crippen LogP contribution is 2.17. The second-order valence-electron chi connectivity index (χ2n) is 2.29. The van der Waals surface area contributed by atoms with Gasteiger partial charge in [0.05, 0.1) is 0 Å². The smallest absolute Gasteiger partial charge is 0.0116 e. The van der Waals surface area contributed by atoms with Gasteiger partial charge in [0.25, 0.3) is 0 Å². The Morgan fingerprint density at radius 2 is 1.83 bits per heavy atom. The van der Waals surface area contributed by atoms with Crippen molar-refractivity contribution < 1.29 is 0 Å². The van der Waals surface area contributed by atoms with Crippen molar-refractivity contribution in [1.29, 1.82) is 0 Å². The van der Waals surface area contributed by atoms with E-state index < -0.39 is 0 Å². The minimum atomic E-state index is 1.28. The van der Waals surface area contributed by atoms with Gasteiger partial charge in [0, 0.05) is 4.90 Å². The van der Waals surface area contributed by atoms with Crippen LogP contribution in [0, 0.1) is 0 Å². The number of hydrogen-bond donors (Lipinski definition) is 0. The standard InChI is InChI=1S/C11H12S/c1-2-3-7-10-12-11-8-5-4-6-9-11/h2-10H,1H3. The van der Waals surface area contributed by atoms with E-state index in [1.165, 1.54) is 4.90 Å². The lowest BCUT2D eigenvalue weighted by atomic mass is 10.4. The zero-order chi connectivity index (χ0) is 8.65. The van der Waals surface area contributed by atoms with Gasteiger partial charge in [-0.1, -0.05) is 48.2 Å². The summed E-state index contributed by atoms with van der Waals surface area (Å²) in [6.07, 6.45) is 6.08. The maximum absolute atomic E-state index is 2.10. The Hall–Kier alpha value is -0.950. The average Bonchev–Trinajstić information content (AvgIpc) is 2.14. The first kappa shape index (κ1) is 9.14. The van der Waals surface area contributed by atoms with Crippen LogP contribution < -0.4 is 0 Å². The fourth-order valence-electron chi connectivity index (χ4n) is 0.773.